The van der Waals surface area contributed by atoms with E-state index in [-0.39, 0.29) is 0 Å². The first-order valence-corrected chi connectivity index (χ1v) is 20.1. The van der Waals surface area contributed by atoms with E-state index in [9.17, 15) is 0 Å². The highest BCUT2D eigenvalue weighted by Crippen LogP contribution is 2.57. The van der Waals surface area contributed by atoms with Crippen LogP contribution in [-0.4, -0.2) is 0 Å². The standard InChI is InChI=1S/C57H39N/c1-4-17-40(18-5-1)42-20-16-25-47(38-42)58(56-30-15-13-27-51(56)44-33-35-50-43(37-44)32-31-41-19-10-11-26-49(41)50)48-34-36-53-52-28-12-14-29-54(52)57(55(53)39-48,45-21-6-2-7-22-45)46-23-8-3-9-24-46/h1-39H. The van der Waals surface area contributed by atoms with Crippen LogP contribution in [0.5, 0.6) is 0 Å². The fourth-order valence-electron chi connectivity index (χ4n) is 9.55. The highest BCUT2D eigenvalue weighted by atomic mass is 15.1. The highest BCUT2D eigenvalue weighted by Gasteiger charge is 2.46. The van der Waals surface area contributed by atoms with Gasteiger partial charge in [0.05, 0.1) is 11.1 Å². The van der Waals surface area contributed by atoms with Crippen molar-refractivity contribution >= 4 is 38.6 Å². The number of nitrogens with zero attached hydrogens (tertiary/aromatic N) is 1. The molecule has 272 valence electrons. The molecule has 0 fully saturated rings. The predicted octanol–water partition coefficient (Wildman–Crippen LogP) is 15.2. The van der Waals surface area contributed by atoms with Crippen LogP contribution in [0.3, 0.4) is 0 Å². The summed E-state index contributed by atoms with van der Waals surface area (Å²) in [5.41, 5.74) is 15.2. The van der Waals surface area contributed by atoms with Gasteiger partial charge in [-0.05, 0) is 108 Å². The van der Waals surface area contributed by atoms with Gasteiger partial charge in [0.15, 0.2) is 0 Å². The maximum absolute atomic E-state index is 2.47. The summed E-state index contributed by atoms with van der Waals surface area (Å²) >= 11 is 0. The van der Waals surface area contributed by atoms with Crippen molar-refractivity contribution in [3.05, 3.63) is 259 Å². The predicted molar refractivity (Wildman–Crippen MR) is 244 cm³/mol. The zero-order valence-corrected chi connectivity index (χ0v) is 32.0. The normalized spacial score (nSPS) is 12.6. The van der Waals surface area contributed by atoms with E-state index in [4.69, 9.17) is 0 Å². The van der Waals surface area contributed by atoms with E-state index >= 15 is 0 Å². The SMILES string of the molecule is c1ccc(-c2cccc(N(c3ccc4c(c3)C(c3ccccc3)(c3ccccc3)c3ccccc3-4)c3ccccc3-c3ccc4c(ccc5ccccc54)c3)c2)cc1. The molecule has 0 heterocycles. The highest BCUT2D eigenvalue weighted by molar-refractivity contribution is 6.09. The minimum atomic E-state index is -0.511. The molecule has 10 aromatic rings. The molecule has 1 nitrogen and oxygen atoms in total. The average molecular weight is 738 g/mol. The molecule has 0 unspecified atom stereocenters. The van der Waals surface area contributed by atoms with Gasteiger partial charge >= 0.3 is 0 Å². The molecule has 58 heavy (non-hydrogen) atoms. The van der Waals surface area contributed by atoms with Crippen LogP contribution in [0, 0.1) is 0 Å². The molecule has 1 aliphatic carbocycles. The Bertz CT molecular complexity index is 3070. The summed E-state index contributed by atoms with van der Waals surface area (Å²) in [5, 5.41) is 5.03. The third-order valence-corrected chi connectivity index (χ3v) is 12.1. The molecule has 10 aromatic carbocycles. The number of rotatable bonds is 7. The number of hydrogen-bond donors (Lipinski definition) is 0. The Morgan fingerprint density at radius 3 is 1.67 bits per heavy atom. The number of anilines is 3. The quantitative estimate of drug-likeness (QED) is 0.147. The number of hydrogen-bond acceptors (Lipinski definition) is 1. The van der Waals surface area contributed by atoms with Gasteiger partial charge in [-0.15, -0.1) is 0 Å². The van der Waals surface area contributed by atoms with E-state index < -0.39 is 5.41 Å². The first-order chi connectivity index (χ1) is 28.8. The lowest BCUT2D eigenvalue weighted by Gasteiger charge is -2.35. The van der Waals surface area contributed by atoms with Crippen molar-refractivity contribution in [1.82, 2.24) is 0 Å². The molecule has 0 atom stereocenters. The first kappa shape index (κ1) is 33.8. The summed E-state index contributed by atoms with van der Waals surface area (Å²) in [7, 11) is 0. The fraction of sp³-hybridized carbons (Fsp3) is 0.0175. The van der Waals surface area contributed by atoms with Crippen molar-refractivity contribution in [2.45, 2.75) is 5.41 Å². The van der Waals surface area contributed by atoms with Gasteiger partial charge in [0.1, 0.15) is 0 Å². The largest absolute Gasteiger partial charge is 0.310 e. The molecule has 0 amide bonds. The van der Waals surface area contributed by atoms with E-state index in [0.29, 0.717) is 0 Å². The molecule has 0 aliphatic heterocycles. The lowest BCUT2D eigenvalue weighted by Crippen LogP contribution is -2.28. The third kappa shape index (κ3) is 5.39. The molecule has 0 saturated heterocycles. The Labute approximate surface area is 339 Å². The molecule has 1 heteroatoms. The Morgan fingerprint density at radius 2 is 0.879 bits per heavy atom. The molecular weight excluding hydrogens is 699 g/mol. The maximum atomic E-state index is 2.47. The fourth-order valence-corrected chi connectivity index (χ4v) is 9.55. The van der Waals surface area contributed by atoms with Crippen LogP contribution < -0.4 is 4.90 Å². The summed E-state index contributed by atoms with van der Waals surface area (Å²) in [6.07, 6.45) is 0. The molecule has 0 aromatic heterocycles. The first-order valence-electron chi connectivity index (χ1n) is 20.1. The van der Waals surface area contributed by atoms with Gasteiger partial charge in [-0.2, -0.15) is 0 Å². The van der Waals surface area contributed by atoms with E-state index in [2.05, 4.69) is 241 Å². The van der Waals surface area contributed by atoms with Crippen molar-refractivity contribution in [2.75, 3.05) is 4.90 Å². The van der Waals surface area contributed by atoms with Crippen molar-refractivity contribution in [2.24, 2.45) is 0 Å². The Kier molecular flexibility index (Phi) is 8.12. The van der Waals surface area contributed by atoms with Gasteiger partial charge in [-0.1, -0.05) is 200 Å². The van der Waals surface area contributed by atoms with Crippen LogP contribution in [0.15, 0.2) is 237 Å². The van der Waals surface area contributed by atoms with E-state index in [1.165, 1.54) is 77.2 Å². The zero-order valence-electron chi connectivity index (χ0n) is 32.0. The summed E-state index contributed by atoms with van der Waals surface area (Å²) in [4.78, 5) is 2.47. The van der Waals surface area contributed by atoms with Crippen LogP contribution in [0.4, 0.5) is 17.1 Å². The topological polar surface area (TPSA) is 3.24 Å². The molecule has 0 radical (unpaired) electrons. The lowest BCUT2D eigenvalue weighted by molar-refractivity contribution is 0.768. The van der Waals surface area contributed by atoms with Crippen molar-refractivity contribution in [3.63, 3.8) is 0 Å². The molecular formula is C57H39N. The van der Waals surface area contributed by atoms with E-state index in [1.807, 2.05) is 0 Å². The minimum absolute atomic E-state index is 0.511. The van der Waals surface area contributed by atoms with Crippen LogP contribution in [-0.2, 0) is 5.41 Å². The second kappa shape index (κ2) is 13.9. The molecule has 0 spiro atoms. The molecule has 0 bridgehead atoms. The maximum Gasteiger partial charge on any atom is 0.0714 e. The number of benzene rings is 10. The second-order valence-electron chi connectivity index (χ2n) is 15.2. The minimum Gasteiger partial charge on any atom is -0.310 e. The van der Waals surface area contributed by atoms with Gasteiger partial charge in [-0.3, -0.25) is 0 Å². The average Bonchev–Trinajstić information content (AvgIpc) is 3.60. The molecule has 11 rings (SSSR count). The van der Waals surface area contributed by atoms with Crippen molar-refractivity contribution in [1.29, 1.82) is 0 Å². The van der Waals surface area contributed by atoms with Crippen LogP contribution in [0.2, 0.25) is 0 Å². The van der Waals surface area contributed by atoms with Gasteiger partial charge in [-0.25, -0.2) is 0 Å². The number of fused-ring (bicyclic) bond motifs is 6. The van der Waals surface area contributed by atoms with E-state index in [1.54, 1.807) is 0 Å². The van der Waals surface area contributed by atoms with Gasteiger partial charge in [0.2, 0.25) is 0 Å². The molecule has 0 N–H and O–H groups in total. The lowest BCUT2D eigenvalue weighted by atomic mass is 9.67. The van der Waals surface area contributed by atoms with Crippen LogP contribution in [0.25, 0.3) is 54.9 Å². The van der Waals surface area contributed by atoms with Crippen LogP contribution in [0.1, 0.15) is 22.3 Å². The third-order valence-electron chi connectivity index (χ3n) is 12.1. The smallest absolute Gasteiger partial charge is 0.0714 e. The van der Waals surface area contributed by atoms with Crippen LogP contribution >= 0.6 is 0 Å². The second-order valence-corrected chi connectivity index (χ2v) is 15.2. The van der Waals surface area contributed by atoms with Gasteiger partial charge < -0.3 is 4.90 Å². The Morgan fingerprint density at radius 1 is 0.293 bits per heavy atom. The van der Waals surface area contributed by atoms with Crippen molar-refractivity contribution < 1.29 is 0 Å². The summed E-state index contributed by atoms with van der Waals surface area (Å²) in [6, 6.07) is 86.9. The summed E-state index contributed by atoms with van der Waals surface area (Å²) in [6.45, 7) is 0. The Hall–Kier alpha value is -7.48. The summed E-state index contributed by atoms with van der Waals surface area (Å²) < 4.78 is 0. The van der Waals surface area contributed by atoms with Gasteiger partial charge in [0, 0.05) is 16.9 Å². The zero-order chi connectivity index (χ0) is 38.5. The number of para-hydroxylation sites is 1. The van der Waals surface area contributed by atoms with E-state index in [0.717, 1.165) is 17.1 Å². The molecule has 1 aliphatic rings. The monoisotopic (exact) mass is 737 g/mol. The Balaban J connectivity index is 1.17. The summed E-state index contributed by atoms with van der Waals surface area (Å²) in [5.74, 6) is 0. The molecule has 0 saturated carbocycles. The van der Waals surface area contributed by atoms with Crippen molar-refractivity contribution in [3.8, 4) is 33.4 Å². The van der Waals surface area contributed by atoms with Gasteiger partial charge in [0.25, 0.3) is 0 Å².